The fraction of sp³-hybridized carbons (Fsp3) is 0.160. The number of thiophene rings is 1. The van der Waals surface area contributed by atoms with Crippen molar-refractivity contribution in [3.05, 3.63) is 87.7 Å². The zero-order valence-corrected chi connectivity index (χ0v) is 21.4. The zero-order valence-electron chi connectivity index (χ0n) is 18.2. The van der Waals surface area contributed by atoms with E-state index in [9.17, 15) is 13.2 Å². The van der Waals surface area contributed by atoms with Gasteiger partial charge in [0.05, 0.1) is 15.5 Å². The molecule has 0 aliphatic carbocycles. The van der Waals surface area contributed by atoms with E-state index in [1.807, 2.05) is 49.4 Å². The monoisotopic (exact) mass is 542 g/mol. The first-order valence-electron chi connectivity index (χ1n) is 10.5. The summed E-state index contributed by atoms with van der Waals surface area (Å²) in [6.07, 6.45) is 0.825. The van der Waals surface area contributed by atoms with Crippen molar-refractivity contribution >= 4 is 64.7 Å². The number of rotatable bonds is 7. The fourth-order valence-corrected chi connectivity index (χ4v) is 6.33. The number of hydrogen-bond donors (Lipinski definition) is 1. The minimum atomic E-state index is -3.71. The topological polar surface area (TPSA) is 66.5 Å². The molecule has 1 N–H and O–H groups in total. The third kappa shape index (κ3) is 4.83. The zero-order chi connectivity index (χ0) is 23.6. The van der Waals surface area contributed by atoms with Gasteiger partial charge < -0.3 is 5.32 Å². The maximum Gasteiger partial charge on any atom is 0.265 e. The van der Waals surface area contributed by atoms with E-state index >= 15 is 0 Å². The second kappa shape index (κ2) is 9.67. The molecule has 33 heavy (non-hydrogen) atoms. The summed E-state index contributed by atoms with van der Waals surface area (Å²) in [5, 5.41) is 3.83. The smallest absolute Gasteiger partial charge is 0.265 e. The summed E-state index contributed by atoms with van der Waals surface area (Å²) in [5.41, 5.74) is 2.45. The van der Waals surface area contributed by atoms with Crippen LogP contribution in [0.1, 0.15) is 29.1 Å². The lowest BCUT2D eigenvalue weighted by atomic mass is 10.1. The summed E-state index contributed by atoms with van der Waals surface area (Å²) in [7, 11) is -3.71. The average molecular weight is 544 g/mol. The van der Waals surface area contributed by atoms with Crippen LogP contribution in [0.15, 0.2) is 82.2 Å². The van der Waals surface area contributed by atoms with Crippen LogP contribution in [0.2, 0.25) is 0 Å². The highest BCUT2D eigenvalue weighted by atomic mass is 79.9. The van der Waals surface area contributed by atoms with Crippen molar-refractivity contribution in [2.45, 2.75) is 25.2 Å². The molecule has 5 nitrogen and oxygen atoms in total. The Hall–Kier alpha value is -2.68. The third-order valence-electron chi connectivity index (χ3n) is 5.35. The van der Waals surface area contributed by atoms with Gasteiger partial charge in [0.25, 0.3) is 15.9 Å². The number of hydrogen-bond acceptors (Lipinski definition) is 4. The van der Waals surface area contributed by atoms with Crippen molar-refractivity contribution in [3.8, 4) is 0 Å². The number of benzene rings is 3. The number of amides is 1. The van der Waals surface area contributed by atoms with Gasteiger partial charge in [0.15, 0.2) is 0 Å². The molecule has 0 saturated heterocycles. The second-order valence-electron chi connectivity index (χ2n) is 7.42. The van der Waals surface area contributed by atoms with Crippen LogP contribution in [0.25, 0.3) is 10.1 Å². The molecule has 1 aromatic heterocycles. The van der Waals surface area contributed by atoms with Crippen LogP contribution in [-0.4, -0.2) is 20.9 Å². The van der Waals surface area contributed by atoms with Crippen LogP contribution in [0, 0.1) is 0 Å². The number of carbonyl (C=O) groups is 1. The molecule has 3 aromatic carbocycles. The molecule has 4 rings (SSSR count). The molecule has 0 bridgehead atoms. The molecule has 1 amide bonds. The van der Waals surface area contributed by atoms with Gasteiger partial charge in [-0.2, -0.15) is 0 Å². The van der Waals surface area contributed by atoms with Gasteiger partial charge in [0, 0.05) is 21.4 Å². The number of nitrogens with zero attached hydrogens (tertiary/aromatic N) is 1. The van der Waals surface area contributed by atoms with Crippen molar-refractivity contribution in [3.63, 3.8) is 0 Å². The molecular weight excluding hydrogens is 520 g/mol. The molecule has 4 aromatic rings. The van der Waals surface area contributed by atoms with Crippen LogP contribution >= 0.6 is 27.3 Å². The van der Waals surface area contributed by atoms with Gasteiger partial charge >= 0.3 is 0 Å². The van der Waals surface area contributed by atoms with Gasteiger partial charge in [0.1, 0.15) is 0 Å². The molecule has 0 aliphatic rings. The lowest BCUT2D eigenvalue weighted by molar-refractivity contribution is 0.103. The Morgan fingerprint density at radius 3 is 2.42 bits per heavy atom. The van der Waals surface area contributed by atoms with Gasteiger partial charge in [0.2, 0.25) is 0 Å². The summed E-state index contributed by atoms with van der Waals surface area (Å²) < 4.78 is 29.6. The quantitative estimate of drug-likeness (QED) is 0.282. The Kier molecular flexibility index (Phi) is 6.88. The number of aryl methyl sites for hydroxylation is 1. The number of anilines is 2. The molecule has 0 radical (unpaired) electrons. The average Bonchev–Trinajstić information content (AvgIpc) is 3.24. The van der Waals surface area contributed by atoms with E-state index in [-0.39, 0.29) is 17.3 Å². The van der Waals surface area contributed by atoms with E-state index in [1.165, 1.54) is 15.6 Å². The van der Waals surface area contributed by atoms with Crippen molar-refractivity contribution < 1.29 is 13.2 Å². The fourth-order valence-electron chi connectivity index (χ4n) is 3.66. The van der Waals surface area contributed by atoms with Crippen LogP contribution in [0.5, 0.6) is 0 Å². The van der Waals surface area contributed by atoms with Crippen LogP contribution in [0.4, 0.5) is 11.4 Å². The maximum absolute atomic E-state index is 13.2. The van der Waals surface area contributed by atoms with Crippen molar-refractivity contribution in [2.75, 3.05) is 16.2 Å². The van der Waals surface area contributed by atoms with Gasteiger partial charge in [-0.05, 0) is 78.9 Å². The highest BCUT2D eigenvalue weighted by Crippen LogP contribution is 2.32. The van der Waals surface area contributed by atoms with Gasteiger partial charge in [-0.3, -0.25) is 9.10 Å². The molecule has 170 valence electrons. The number of halogens is 1. The van der Waals surface area contributed by atoms with E-state index < -0.39 is 10.0 Å². The molecule has 1 heterocycles. The molecule has 0 aliphatic heterocycles. The maximum atomic E-state index is 13.2. The minimum Gasteiger partial charge on any atom is -0.321 e. The molecule has 0 spiro atoms. The predicted octanol–water partition coefficient (Wildman–Crippen LogP) is 6.69. The Bertz CT molecular complexity index is 1410. The SMILES string of the molecule is CCc1ccccc1NC(=O)c1cc2cc(N(CC)S(=O)(=O)c3ccc(Br)cc3)ccc2s1. The van der Waals surface area contributed by atoms with Gasteiger partial charge in [-0.15, -0.1) is 11.3 Å². The number of para-hydroxylation sites is 1. The second-order valence-corrected chi connectivity index (χ2v) is 11.3. The molecule has 0 unspecified atom stereocenters. The third-order valence-corrected chi connectivity index (χ3v) is 8.91. The molecule has 0 atom stereocenters. The van der Waals surface area contributed by atoms with Crippen LogP contribution < -0.4 is 9.62 Å². The lowest BCUT2D eigenvalue weighted by Gasteiger charge is -2.23. The molecule has 0 fully saturated rings. The van der Waals surface area contributed by atoms with Crippen molar-refractivity contribution in [1.82, 2.24) is 0 Å². The Labute approximate surface area is 206 Å². The first kappa shape index (κ1) is 23.5. The van der Waals surface area contributed by atoms with E-state index in [2.05, 4.69) is 21.2 Å². The van der Waals surface area contributed by atoms with E-state index in [0.29, 0.717) is 10.6 Å². The number of sulfonamides is 1. The van der Waals surface area contributed by atoms with E-state index in [0.717, 1.165) is 32.2 Å². The van der Waals surface area contributed by atoms with E-state index in [4.69, 9.17) is 0 Å². The summed E-state index contributed by atoms with van der Waals surface area (Å²) in [6, 6.07) is 21.6. The normalized spacial score (nSPS) is 11.5. The summed E-state index contributed by atoms with van der Waals surface area (Å²) in [4.78, 5) is 13.7. The standard InChI is InChI=1S/C25H23BrN2O3S2/c1-3-17-7-5-6-8-22(17)27-25(29)24-16-18-15-20(11-14-23(18)32-24)28(4-2)33(30,31)21-12-9-19(26)10-13-21/h5-16H,3-4H2,1-2H3,(H,27,29). The predicted molar refractivity (Wildman–Crippen MR) is 140 cm³/mol. The Morgan fingerprint density at radius 1 is 1.00 bits per heavy atom. The number of carbonyl (C=O) groups excluding carboxylic acids is 1. The summed E-state index contributed by atoms with van der Waals surface area (Å²) in [6.45, 7) is 4.14. The number of nitrogens with one attached hydrogen (secondary N) is 1. The molecule has 0 saturated carbocycles. The largest absolute Gasteiger partial charge is 0.321 e. The lowest BCUT2D eigenvalue weighted by Crippen LogP contribution is -2.30. The van der Waals surface area contributed by atoms with Gasteiger partial charge in [-0.1, -0.05) is 41.1 Å². The Balaban J connectivity index is 1.64. The first-order chi connectivity index (χ1) is 15.8. The van der Waals surface area contributed by atoms with Crippen LogP contribution in [0.3, 0.4) is 0 Å². The van der Waals surface area contributed by atoms with Crippen LogP contribution in [-0.2, 0) is 16.4 Å². The highest BCUT2D eigenvalue weighted by Gasteiger charge is 2.24. The van der Waals surface area contributed by atoms with Gasteiger partial charge in [-0.25, -0.2) is 8.42 Å². The molecular formula is C25H23BrN2O3S2. The van der Waals surface area contributed by atoms with Crippen molar-refractivity contribution in [1.29, 1.82) is 0 Å². The minimum absolute atomic E-state index is 0.173. The summed E-state index contributed by atoms with van der Waals surface area (Å²) >= 11 is 4.73. The first-order valence-corrected chi connectivity index (χ1v) is 13.6. The number of fused-ring (bicyclic) bond motifs is 1. The summed E-state index contributed by atoms with van der Waals surface area (Å²) in [5.74, 6) is -0.173. The van der Waals surface area contributed by atoms with Crippen molar-refractivity contribution in [2.24, 2.45) is 0 Å². The Morgan fingerprint density at radius 2 is 1.73 bits per heavy atom. The van der Waals surface area contributed by atoms with E-state index in [1.54, 1.807) is 37.3 Å². The highest BCUT2D eigenvalue weighted by molar-refractivity contribution is 9.10. The molecule has 8 heteroatoms.